The van der Waals surface area contributed by atoms with Crippen LogP contribution in [0.15, 0.2) is 30.3 Å². The molecule has 2 heteroatoms. The molecule has 0 aliphatic carbocycles. The van der Waals surface area contributed by atoms with Crippen LogP contribution in [0.25, 0.3) is 0 Å². The van der Waals surface area contributed by atoms with Crippen molar-refractivity contribution in [1.29, 1.82) is 0 Å². The Labute approximate surface area is 55.0 Å². The van der Waals surface area contributed by atoms with Gasteiger partial charge in [-0.3, -0.25) is 0 Å². The van der Waals surface area contributed by atoms with E-state index in [2.05, 4.69) is 0 Å². The average molecular weight is 117 g/mol. The van der Waals surface area contributed by atoms with E-state index in [1.807, 2.05) is 18.2 Å². The van der Waals surface area contributed by atoms with Crippen LogP contribution in [0.5, 0.6) is 0 Å². The standard InChI is InChI=1S/C7H6BO/c8-7(9)6-4-2-1-3-5-6/h1-5,9H. The Hall–Kier alpha value is -1.05. The fourth-order valence-electron chi connectivity index (χ4n) is 0.609. The van der Waals surface area contributed by atoms with Gasteiger partial charge in [0.2, 0.25) is 0 Å². The van der Waals surface area contributed by atoms with Crippen molar-refractivity contribution in [2.75, 3.05) is 0 Å². The third-order valence-electron chi connectivity index (χ3n) is 1.07. The molecule has 1 nitrogen and oxygen atoms in total. The molecule has 0 unspecified atom stereocenters. The SMILES string of the molecule is [B]=C(O)c1ccccc1. The first-order valence-electron chi connectivity index (χ1n) is 2.67. The maximum atomic E-state index is 8.72. The first kappa shape index (κ1) is 6.08. The van der Waals surface area contributed by atoms with Gasteiger partial charge in [-0.15, -0.1) is 0 Å². The van der Waals surface area contributed by atoms with Gasteiger partial charge in [0.1, 0.15) is 0 Å². The summed E-state index contributed by atoms with van der Waals surface area (Å²) >= 11 is 0. The Morgan fingerprint density at radius 1 is 1.22 bits per heavy atom. The van der Waals surface area contributed by atoms with Crippen LogP contribution in [-0.2, 0) is 0 Å². The molecular weight excluding hydrogens is 111 g/mol. The molecule has 0 saturated heterocycles. The van der Waals surface area contributed by atoms with Gasteiger partial charge in [-0.25, -0.2) is 0 Å². The minimum absolute atomic E-state index is 0.129. The fraction of sp³-hybridized carbons (Fsp3) is 0. The van der Waals surface area contributed by atoms with Crippen molar-refractivity contribution < 1.29 is 5.11 Å². The zero-order valence-electron chi connectivity index (χ0n) is 4.91. The summed E-state index contributed by atoms with van der Waals surface area (Å²) in [5.41, 5.74) is 0.535. The first-order valence-corrected chi connectivity index (χ1v) is 2.67. The van der Waals surface area contributed by atoms with Crippen LogP contribution in [0.3, 0.4) is 0 Å². The van der Waals surface area contributed by atoms with E-state index in [1.54, 1.807) is 12.1 Å². The molecule has 1 aromatic rings. The minimum atomic E-state index is -0.129. The van der Waals surface area contributed by atoms with E-state index in [-0.39, 0.29) is 5.65 Å². The number of aliphatic hydroxyl groups is 1. The van der Waals surface area contributed by atoms with E-state index in [4.69, 9.17) is 12.6 Å². The Bertz CT molecular complexity index is 205. The van der Waals surface area contributed by atoms with E-state index in [0.717, 1.165) is 0 Å². The average Bonchev–Trinajstić information content (AvgIpc) is 1.90. The van der Waals surface area contributed by atoms with E-state index in [1.165, 1.54) is 0 Å². The van der Waals surface area contributed by atoms with Gasteiger partial charge in [-0.1, -0.05) is 0 Å². The molecule has 1 rings (SSSR count). The molecule has 43 valence electrons. The van der Waals surface area contributed by atoms with Crippen molar-refractivity contribution in [1.82, 2.24) is 0 Å². The zero-order chi connectivity index (χ0) is 6.69. The summed E-state index contributed by atoms with van der Waals surface area (Å²) in [6, 6.07) is 8.99. The van der Waals surface area contributed by atoms with Gasteiger partial charge in [0.25, 0.3) is 0 Å². The molecule has 9 heavy (non-hydrogen) atoms. The van der Waals surface area contributed by atoms with E-state index >= 15 is 0 Å². The van der Waals surface area contributed by atoms with Crippen molar-refractivity contribution in [2.24, 2.45) is 0 Å². The fourth-order valence-corrected chi connectivity index (χ4v) is 0.609. The topological polar surface area (TPSA) is 20.2 Å². The Morgan fingerprint density at radius 2 is 1.78 bits per heavy atom. The van der Waals surface area contributed by atoms with Crippen molar-refractivity contribution in [3.05, 3.63) is 35.9 Å². The summed E-state index contributed by atoms with van der Waals surface area (Å²) < 4.78 is 0. The third kappa shape index (κ3) is 1.42. The van der Waals surface area contributed by atoms with Crippen LogP contribution in [0.1, 0.15) is 5.56 Å². The molecular formula is C7H6BO. The Kier molecular flexibility index (Phi) is 1.68. The molecule has 0 saturated carbocycles. The molecule has 1 N–H and O–H groups in total. The number of benzene rings is 1. The maximum absolute atomic E-state index is 8.72. The molecule has 0 amide bonds. The summed E-state index contributed by atoms with van der Waals surface area (Å²) in [4.78, 5) is 0. The van der Waals surface area contributed by atoms with Crippen LogP contribution in [-0.4, -0.2) is 18.2 Å². The third-order valence-corrected chi connectivity index (χ3v) is 1.07. The van der Waals surface area contributed by atoms with Crippen LogP contribution in [0.4, 0.5) is 0 Å². The number of aliphatic hydroxyl groups excluding tert-OH is 1. The molecule has 0 aromatic heterocycles. The summed E-state index contributed by atoms with van der Waals surface area (Å²) in [7, 11) is 5.09. The van der Waals surface area contributed by atoms with Crippen molar-refractivity contribution in [2.45, 2.75) is 0 Å². The van der Waals surface area contributed by atoms with Gasteiger partial charge in [0, 0.05) is 0 Å². The molecule has 0 aliphatic heterocycles. The van der Waals surface area contributed by atoms with Gasteiger partial charge in [-0.2, -0.15) is 0 Å². The van der Waals surface area contributed by atoms with Crippen LogP contribution in [0.2, 0.25) is 0 Å². The Morgan fingerprint density at radius 3 is 2.11 bits per heavy atom. The normalized spacial score (nSPS) is 8.78. The molecule has 1 aromatic carbocycles. The van der Waals surface area contributed by atoms with E-state index in [0.29, 0.717) is 5.56 Å². The molecule has 0 spiro atoms. The van der Waals surface area contributed by atoms with Crippen molar-refractivity contribution in [3.8, 4) is 0 Å². The van der Waals surface area contributed by atoms with Gasteiger partial charge < -0.3 is 0 Å². The van der Waals surface area contributed by atoms with E-state index in [9.17, 15) is 0 Å². The second kappa shape index (κ2) is 2.49. The first-order chi connectivity index (χ1) is 4.30. The van der Waals surface area contributed by atoms with Gasteiger partial charge >= 0.3 is 54.1 Å². The van der Waals surface area contributed by atoms with Gasteiger partial charge in [0.15, 0.2) is 0 Å². The second-order valence-electron chi connectivity index (χ2n) is 1.75. The summed E-state index contributed by atoms with van der Waals surface area (Å²) in [6.45, 7) is 0. The number of rotatable bonds is 1. The number of hydrogen-bond acceptors (Lipinski definition) is 1. The van der Waals surface area contributed by atoms with Crippen molar-refractivity contribution in [3.63, 3.8) is 0 Å². The second-order valence-corrected chi connectivity index (χ2v) is 1.75. The molecule has 0 fully saturated rings. The molecule has 1 radical (unpaired) electrons. The monoisotopic (exact) mass is 117 g/mol. The van der Waals surface area contributed by atoms with E-state index < -0.39 is 0 Å². The summed E-state index contributed by atoms with van der Waals surface area (Å²) in [6.07, 6.45) is 0. The number of hydrogen-bond donors (Lipinski definition) is 1. The molecule has 0 aliphatic rings. The molecule has 0 bridgehead atoms. The summed E-state index contributed by atoms with van der Waals surface area (Å²) in [5.74, 6) is 0. The molecule has 0 atom stereocenters. The quantitative estimate of drug-likeness (QED) is 0.537. The van der Waals surface area contributed by atoms with Gasteiger partial charge in [-0.05, 0) is 0 Å². The predicted octanol–water partition coefficient (Wildman–Crippen LogP) is 0.706. The molecule has 0 heterocycles. The van der Waals surface area contributed by atoms with Crippen LogP contribution < -0.4 is 0 Å². The zero-order valence-corrected chi connectivity index (χ0v) is 4.91. The van der Waals surface area contributed by atoms with Crippen molar-refractivity contribution >= 4 is 13.1 Å². The van der Waals surface area contributed by atoms with Crippen LogP contribution >= 0.6 is 0 Å². The summed E-state index contributed by atoms with van der Waals surface area (Å²) in [5, 5.41) is 8.72. The van der Waals surface area contributed by atoms with Crippen LogP contribution in [0, 0.1) is 0 Å². The predicted molar refractivity (Wildman–Crippen MR) is 38.2 cm³/mol. The Balaban J connectivity index is 2.98. The van der Waals surface area contributed by atoms with Gasteiger partial charge in [0.05, 0.1) is 0 Å².